The number of rotatable bonds is 27. The summed E-state index contributed by atoms with van der Waals surface area (Å²) >= 11 is 0. The summed E-state index contributed by atoms with van der Waals surface area (Å²) in [7, 11) is -2.44. The number of hydrogen-bond donors (Lipinski definition) is 2. The minimum Gasteiger partial charge on any atom is -0.427 e. The molecule has 0 aromatic heterocycles. The Kier molecular flexibility index (Phi) is 21.8. The molecule has 0 aliphatic heterocycles. The van der Waals surface area contributed by atoms with Crippen molar-refractivity contribution in [3.8, 4) is 16.9 Å². The monoisotopic (exact) mass is 612 g/mol. The lowest BCUT2D eigenvalue weighted by Crippen LogP contribution is -2.04. The summed E-state index contributed by atoms with van der Waals surface area (Å²) in [5.74, 6) is 0.674. The van der Waals surface area contributed by atoms with E-state index in [0.29, 0.717) is 5.75 Å². The fourth-order valence-electron chi connectivity index (χ4n) is 6.45. The van der Waals surface area contributed by atoms with E-state index in [1.54, 1.807) is 0 Å². The zero-order valence-electron chi connectivity index (χ0n) is 28.2. The van der Waals surface area contributed by atoms with Crippen LogP contribution in [-0.4, -0.2) is 9.79 Å². The third-order valence-electron chi connectivity index (χ3n) is 8.99. The molecule has 0 bridgehead atoms. The van der Waals surface area contributed by atoms with Gasteiger partial charge in [0.25, 0.3) is 0 Å². The van der Waals surface area contributed by atoms with Crippen LogP contribution < -0.4 is 4.52 Å². The Hall–Kier alpha value is -1.41. The molecule has 0 unspecified atom stereocenters. The summed E-state index contributed by atoms with van der Waals surface area (Å²) in [5.41, 5.74) is 6.71. The third-order valence-corrected chi connectivity index (χ3v) is 9.35. The molecule has 43 heavy (non-hydrogen) atoms. The predicted octanol–water partition coefficient (Wildman–Crippen LogP) is 12.8. The Balaban J connectivity index is 2.27. The quantitative estimate of drug-likeness (QED) is 0.0779. The summed E-state index contributed by atoms with van der Waals surface area (Å²) in [6.45, 7) is 6.83. The summed E-state index contributed by atoms with van der Waals surface area (Å²) < 4.78 is 5.68. The second-order valence-corrected chi connectivity index (χ2v) is 13.4. The van der Waals surface area contributed by atoms with Crippen molar-refractivity contribution in [1.29, 1.82) is 0 Å². The maximum atomic E-state index is 9.85. The molecule has 0 spiro atoms. The zero-order valence-corrected chi connectivity index (χ0v) is 29.1. The van der Waals surface area contributed by atoms with Crippen LogP contribution in [0.1, 0.15) is 172 Å². The number of hydrogen-bond acceptors (Lipinski definition) is 3. The fourth-order valence-corrected chi connectivity index (χ4v) is 6.80. The highest BCUT2D eigenvalue weighted by Crippen LogP contribution is 2.40. The standard InChI is InChI=1S/C39H65O3P/c1-4-7-10-13-16-19-22-27-34-28-25-26-29-35(34)37-32-33-39(42-43(40)41)38(31-24-21-18-15-12-9-6-3)36(37)30-23-20-17-14-11-8-5-2/h25-26,28-29,32-33,40-41H,4-24,27,30-31H2,1-3H3. The topological polar surface area (TPSA) is 49.7 Å². The van der Waals surface area contributed by atoms with Gasteiger partial charge < -0.3 is 14.3 Å². The first-order valence-corrected chi connectivity index (χ1v) is 19.4. The average Bonchev–Trinajstić information content (AvgIpc) is 3.00. The SMILES string of the molecule is CCCCCCCCCc1ccccc1-c1ccc(OP(O)O)c(CCCCCCCCC)c1CCCCCCCCC. The molecule has 2 N–H and O–H groups in total. The van der Waals surface area contributed by atoms with E-state index in [9.17, 15) is 9.79 Å². The summed E-state index contributed by atoms with van der Waals surface area (Å²) in [6.07, 6.45) is 30.2. The minimum atomic E-state index is -2.44. The molecule has 0 fully saturated rings. The van der Waals surface area contributed by atoms with E-state index >= 15 is 0 Å². The van der Waals surface area contributed by atoms with Gasteiger partial charge in [-0.3, -0.25) is 0 Å². The molecule has 0 saturated carbocycles. The Morgan fingerprint density at radius 3 is 1.42 bits per heavy atom. The van der Waals surface area contributed by atoms with Gasteiger partial charge in [0, 0.05) is 0 Å². The van der Waals surface area contributed by atoms with E-state index in [2.05, 4.69) is 51.1 Å². The lowest BCUT2D eigenvalue weighted by molar-refractivity contribution is 0.373. The smallest absolute Gasteiger partial charge is 0.391 e. The molecular weight excluding hydrogens is 547 g/mol. The van der Waals surface area contributed by atoms with Gasteiger partial charge >= 0.3 is 8.60 Å². The molecule has 2 aromatic carbocycles. The molecule has 0 atom stereocenters. The van der Waals surface area contributed by atoms with Gasteiger partial charge in [-0.25, -0.2) is 0 Å². The van der Waals surface area contributed by atoms with Gasteiger partial charge in [0.15, 0.2) is 0 Å². The zero-order chi connectivity index (χ0) is 31.0. The van der Waals surface area contributed by atoms with Gasteiger partial charge in [-0.05, 0) is 72.4 Å². The van der Waals surface area contributed by atoms with Crippen LogP contribution in [0.4, 0.5) is 0 Å². The minimum absolute atomic E-state index is 0.674. The van der Waals surface area contributed by atoms with Gasteiger partial charge in [-0.15, -0.1) is 0 Å². The molecule has 4 heteroatoms. The summed E-state index contributed by atoms with van der Waals surface area (Å²) in [6, 6.07) is 13.2. The van der Waals surface area contributed by atoms with Crippen molar-refractivity contribution in [2.45, 2.75) is 175 Å². The lowest BCUT2D eigenvalue weighted by Gasteiger charge is -2.21. The van der Waals surface area contributed by atoms with Crippen molar-refractivity contribution < 1.29 is 14.3 Å². The van der Waals surface area contributed by atoms with Crippen molar-refractivity contribution in [3.05, 3.63) is 53.1 Å². The van der Waals surface area contributed by atoms with E-state index in [4.69, 9.17) is 4.52 Å². The highest BCUT2D eigenvalue weighted by atomic mass is 31.2. The molecular formula is C39H65O3P. The van der Waals surface area contributed by atoms with Crippen LogP contribution >= 0.6 is 8.60 Å². The van der Waals surface area contributed by atoms with E-state index in [1.165, 1.54) is 156 Å². The lowest BCUT2D eigenvalue weighted by atomic mass is 9.86. The van der Waals surface area contributed by atoms with Crippen LogP contribution in [0.5, 0.6) is 5.75 Å². The first-order chi connectivity index (χ1) is 21.1. The first kappa shape index (κ1) is 37.8. The Bertz CT molecular complexity index is 957. The van der Waals surface area contributed by atoms with Gasteiger partial charge in [0.1, 0.15) is 5.75 Å². The second kappa shape index (κ2) is 24.9. The van der Waals surface area contributed by atoms with E-state index in [-0.39, 0.29) is 0 Å². The van der Waals surface area contributed by atoms with E-state index in [0.717, 1.165) is 25.7 Å². The molecule has 3 nitrogen and oxygen atoms in total. The van der Waals surface area contributed by atoms with Crippen LogP contribution in [0.3, 0.4) is 0 Å². The van der Waals surface area contributed by atoms with E-state index in [1.807, 2.05) is 6.07 Å². The second-order valence-electron chi connectivity index (χ2n) is 12.7. The first-order valence-electron chi connectivity index (χ1n) is 18.2. The maximum Gasteiger partial charge on any atom is 0.391 e. The highest BCUT2D eigenvalue weighted by Gasteiger charge is 2.19. The average molecular weight is 613 g/mol. The van der Waals surface area contributed by atoms with Crippen LogP contribution in [0.15, 0.2) is 36.4 Å². The molecule has 2 aromatic rings. The Morgan fingerprint density at radius 1 is 0.465 bits per heavy atom. The van der Waals surface area contributed by atoms with Gasteiger partial charge in [-0.1, -0.05) is 167 Å². The van der Waals surface area contributed by atoms with Crippen molar-refractivity contribution in [2.24, 2.45) is 0 Å². The Labute approximate surface area is 267 Å². The highest BCUT2D eigenvalue weighted by molar-refractivity contribution is 7.39. The van der Waals surface area contributed by atoms with Gasteiger partial charge in [0.2, 0.25) is 0 Å². The normalized spacial score (nSPS) is 11.5. The molecule has 0 aliphatic rings. The van der Waals surface area contributed by atoms with Crippen LogP contribution in [0, 0.1) is 0 Å². The van der Waals surface area contributed by atoms with Crippen molar-refractivity contribution >= 4 is 8.60 Å². The molecule has 0 amide bonds. The predicted molar refractivity (Wildman–Crippen MR) is 189 cm³/mol. The van der Waals surface area contributed by atoms with E-state index < -0.39 is 8.60 Å². The van der Waals surface area contributed by atoms with Crippen LogP contribution in [-0.2, 0) is 19.3 Å². The summed E-state index contributed by atoms with van der Waals surface area (Å²) in [5, 5.41) is 0. The van der Waals surface area contributed by atoms with Crippen LogP contribution in [0.2, 0.25) is 0 Å². The molecule has 0 radical (unpaired) electrons. The maximum absolute atomic E-state index is 9.85. The van der Waals surface area contributed by atoms with Crippen molar-refractivity contribution in [3.63, 3.8) is 0 Å². The van der Waals surface area contributed by atoms with Gasteiger partial charge in [-0.2, -0.15) is 0 Å². The van der Waals surface area contributed by atoms with Crippen LogP contribution in [0.25, 0.3) is 11.1 Å². The number of benzene rings is 2. The molecule has 2 rings (SSSR count). The molecule has 0 saturated heterocycles. The van der Waals surface area contributed by atoms with Gasteiger partial charge in [0.05, 0.1) is 0 Å². The number of unbranched alkanes of at least 4 members (excludes halogenated alkanes) is 18. The molecule has 0 heterocycles. The Morgan fingerprint density at radius 2 is 0.907 bits per heavy atom. The third kappa shape index (κ3) is 15.9. The summed E-state index contributed by atoms with van der Waals surface area (Å²) in [4.78, 5) is 19.7. The van der Waals surface area contributed by atoms with Crippen molar-refractivity contribution in [2.75, 3.05) is 0 Å². The molecule has 0 aliphatic carbocycles. The number of aryl methyl sites for hydroxylation is 1. The van der Waals surface area contributed by atoms with Crippen molar-refractivity contribution in [1.82, 2.24) is 0 Å². The fraction of sp³-hybridized carbons (Fsp3) is 0.692. The largest absolute Gasteiger partial charge is 0.427 e. The molecule has 244 valence electrons.